The van der Waals surface area contributed by atoms with Gasteiger partial charge in [-0.3, -0.25) is 4.79 Å². The lowest BCUT2D eigenvalue weighted by atomic mass is 9.88. The maximum absolute atomic E-state index is 12.1. The summed E-state index contributed by atoms with van der Waals surface area (Å²) in [6.07, 6.45) is 4.95. The Morgan fingerprint density at radius 3 is 2.65 bits per heavy atom. The van der Waals surface area contributed by atoms with E-state index in [1.807, 2.05) is 0 Å². The number of hydrogen-bond donors (Lipinski definition) is 2. The number of carbonyl (C=O) groups excluding carboxylic acids is 1. The zero-order valence-electron chi connectivity index (χ0n) is 10.9. The minimum Gasteiger partial charge on any atom is -0.353 e. The first-order valence-electron chi connectivity index (χ1n) is 6.73. The summed E-state index contributed by atoms with van der Waals surface area (Å²) in [6, 6.07) is 0.452. The first-order valence-corrected chi connectivity index (χ1v) is 6.73. The summed E-state index contributed by atoms with van der Waals surface area (Å²) < 4.78 is 0. The van der Waals surface area contributed by atoms with Gasteiger partial charge in [-0.1, -0.05) is 26.7 Å². The van der Waals surface area contributed by atoms with E-state index < -0.39 is 0 Å². The fourth-order valence-corrected chi connectivity index (χ4v) is 2.91. The van der Waals surface area contributed by atoms with Crippen LogP contribution in [0.3, 0.4) is 0 Å². The van der Waals surface area contributed by atoms with E-state index in [2.05, 4.69) is 24.5 Å². The quantitative estimate of drug-likeness (QED) is 0.811. The average Bonchev–Trinajstić information content (AvgIpc) is 2.62. The zero-order valence-corrected chi connectivity index (χ0v) is 11.7. The Labute approximate surface area is 111 Å². The number of amides is 1. The molecular weight excluding hydrogens is 236 g/mol. The van der Waals surface area contributed by atoms with Gasteiger partial charge in [0.05, 0.1) is 0 Å². The largest absolute Gasteiger partial charge is 0.353 e. The van der Waals surface area contributed by atoms with Crippen LogP contribution in [-0.2, 0) is 4.79 Å². The standard InChI is InChI=1S/C13H24N2O.ClH/c1-3-10-5-4-6-12(10)15-13(16)9(2)11-7-14-8-11;/h9-12,14H,3-8H2,1-2H3,(H,15,16);1H. The molecule has 2 rings (SSSR count). The van der Waals surface area contributed by atoms with Crippen LogP contribution in [0.5, 0.6) is 0 Å². The smallest absolute Gasteiger partial charge is 0.223 e. The summed E-state index contributed by atoms with van der Waals surface area (Å²) >= 11 is 0. The van der Waals surface area contributed by atoms with Gasteiger partial charge in [0.2, 0.25) is 5.91 Å². The molecule has 4 heteroatoms. The average molecular weight is 261 g/mol. The summed E-state index contributed by atoms with van der Waals surface area (Å²) in [5.74, 6) is 1.73. The molecule has 0 aromatic rings. The van der Waals surface area contributed by atoms with Crippen molar-refractivity contribution in [2.45, 2.75) is 45.6 Å². The second kappa shape index (κ2) is 6.60. The summed E-state index contributed by atoms with van der Waals surface area (Å²) in [4.78, 5) is 12.1. The molecule has 0 spiro atoms. The lowest BCUT2D eigenvalue weighted by Crippen LogP contribution is -2.51. The fraction of sp³-hybridized carbons (Fsp3) is 0.923. The second-order valence-electron chi connectivity index (χ2n) is 5.42. The van der Waals surface area contributed by atoms with Crippen LogP contribution in [0.4, 0.5) is 0 Å². The minimum atomic E-state index is 0. The molecular formula is C13H25ClN2O. The third-order valence-electron chi connectivity index (χ3n) is 4.44. The van der Waals surface area contributed by atoms with Gasteiger partial charge in [-0.2, -0.15) is 0 Å². The van der Waals surface area contributed by atoms with E-state index in [9.17, 15) is 4.79 Å². The molecule has 2 aliphatic rings. The second-order valence-corrected chi connectivity index (χ2v) is 5.42. The van der Waals surface area contributed by atoms with Crippen LogP contribution in [0.25, 0.3) is 0 Å². The molecule has 1 saturated heterocycles. The Balaban J connectivity index is 0.00000144. The fourth-order valence-electron chi connectivity index (χ4n) is 2.91. The van der Waals surface area contributed by atoms with Crippen molar-refractivity contribution in [1.82, 2.24) is 10.6 Å². The highest BCUT2D eigenvalue weighted by Gasteiger charge is 2.32. The van der Waals surface area contributed by atoms with Gasteiger partial charge in [-0.15, -0.1) is 12.4 Å². The summed E-state index contributed by atoms with van der Waals surface area (Å²) in [5, 5.41) is 6.49. The van der Waals surface area contributed by atoms with Crippen LogP contribution < -0.4 is 10.6 Å². The van der Waals surface area contributed by atoms with Crippen LogP contribution in [0.15, 0.2) is 0 Å². The monoisotopic (exact) mass is 260 g/mol. The van der Waals surface area contributed by atoms with Gasteiger partial charge in [0.25, 0.3) is 0 Å². The van der Waals surface area contributed by atoms with Gasteiger partial charge >= 0.3 is 0 Å². The Morgan fingerprint density at radius 2 is 2.12 bits per heavy atom. The zero-order chi connectivity index (χ0) is 11.5. The molecule has 0 aromatic carbocycles. The van der Waals surface area contributed by atoms with Gasteiger partial charge < -0.3 is 10.6 Å². The van der Waals surface area contributed by atoms with Crippen molar-refractivity contribution in [2.75, 3.05) is 13.1 Å². The molecule has 0 bridgehead atoms. The van der Waals surface area contributed by atoms with Crippen molar-refractivity contribution in [2.24, 2.45) is 17.8 Å². The predicted octanol–water partition coefficient (Wildman–Crippen LogP) is 1.96. The van der Waals surface area contributed by atoms with Crippen LogP contribution in [-0.4, -0.2) is 25.0 Å². The van der Waals surface area contributed by atoms with Crippen molar-refractivity contribution in [3.8, 4) is 0 Å². The van der Waals surface area contributed by atoms with Crippen LogP contribution >= 0.6 is 12.4 Å². The molecule has 0 aromatic heterocycles. The molecule has 3 unspecified atom stereocenters. The van der Waals surface area contributed by atoms with Gasteiger partial charge in [-0.25, -0.2) is 0 Å². The number of rotatable bonds is 4. The van der Waals surface area contributed by atoms with Gasteiger partial charge in [0.15, 0.2) is 0 Å². The summed E-state index contributed by atoms with van der Waals surface area (Å²) in [7, 11) is 0. The normalized spacial score (nSPS) is 30.2. The first-order chi connectivity index (χ1) is 7.72. The van der Waals surface area contributed by atoms with Gasteiger partial charge in [-0.05, 0) is 37.8 Å². The van der Waals surface area contributed by atoms with E-state index in [-0.39, 0.29) is 24.2 Å². The first kappa shape index (κ1) is 14.8. The van der Waals surface area contributed by atoms with E-state index in [0.29, 0.717) is 12.0 Å². The van der Waals surface area contributed by atoms with Crippen LogP contribution in [0.1, 0.15) is 39.5 Å². The predicted molar refractivity (Wildman–Crippen MR) is 72.3 cm³/mol. The molecule has 1 aliphatic carbocycles. The molecule has 2 N–H and O–H groups in total. The van der Waals surface area contributed by atoms with Crippen molar-refractivity contribution in [3.05, 3.63) is 0 Å². The Morgan fingerprint density at radius 1 is 1.41 bits per heavy atom. The Bertz CT molecular complexity index is 256. The van der Waals surface area contributed by atoms with E-state index in [4.69, 9.17) is 0 Å². The Hall–Kier alpha value is -0.280. The van der Waals surface area contributed by atoms with Gasteiger partial charge in [0.1, 0.15) is 0 Å². The Kier molecular flexibility index (Phi) is 5.74. The molecule has 0 radical (unpaired) electrons. The van der Waals surface area contributed by atoms with E-state index in [0.717, 1.165) is 19.0 Å². The topological polar surface area (TPSA) is 41.1 Å². The van der Waals surface area contributed by atoms with E-state index in [1.165, 1.54) is 25.7 Å². The third kappa shape index (κ3) is 3.35. The van der Waals surface area contributed by atoms with E-state index in [1.54, 1.807) is 0 Å². The molecule has 2 fully saturated rings. The van der Waals surface area contributed by atoms with Crippen LogP contribution in [0, 0.1) is 17.8 Å². The highest BCUT2D eigenvalue weighted by atomic mass is 35.5. The lowest BCUT2D eigenvalue weighted by molar-refractivity contribution is -0.127. The van der Waals surface area contributed by atoms with Gasteiger partial charge in [0, 0.05) is 12.0 Å². The SMILES string of the molecule is CCC1CCCC1NC(=O)C(C)C1CNC1.Cl. The molecule has 1 saturated carbocycles. The molecule has 17 heavy (non-hydrogen) atoms. The number of hydrogen-bond acceptors (Lipinski definition) is 2. The maximum atomic E-state index is 12.1. The molecule has 1 heterocycles. The van der Waals surface area contributed by atoms with Crippen molar-refractivity contribution in [1.29, 1.82) is 0 Å². The highest BCUT2D eigenvalue weighted by molar-refractivity contribution is 5.85. The molecule has 1 aliphatic heterocycles. The molecule has 3 nitrogen and oxygen atoms in total. The lowest BCUT2D eigenvalue weighted by Gasteiger charge is -2.33. The minimum absolute atomic E-state index is 0. The maximum Gasteiger partial charge on any atom is 0.223 e. The molecule has 100 valence electrons. The number of halogens is 1. The highest BCUT2D eigenvalue weighted by Crippen LogP contribution is 2.28. The summed E-state index contributed by atoms with van der Waals surface area (Å²) in [6.45, 7) is 6.32. The summed E-state index contributed by atoms with van der Waals surface area (Å²) in [5.41, 5.74) is 0. The van der Waals surface area contributed by atoms with Crippen LogP contribution in [0.2, 0.25) is 0 Å². The molecule has 1 amide bonds. The number of nitrogens with one attached hydrogen (secondary N) is 2. The van der Waals surface area contributed by atoms with Crippen molar-refractivity contribution >= 4 is 18.3 Å². The van der Waals surface area contributed by atoms with Crippen molar-refractivity contribution < 1.29 is 4.79 Å². The van der Waals surface area contributed by atoms with E-state index >= 15 is 0 Å². The third-order valence-corrected chi connectivity index (χ3v) is 4.44. The van der Waals surface area contributed by atoms with Crippen molar-refractivity contribution in [3.63, 3.8) is 0 Å². The molecule has 3 atom stereocenters. The number of carbonyl (C=O) groups is 1.